The lowest BCUT2D eigenvalue weighted by Gasteiger charge is -2.15. The minimum absolute atomic E-state index is 0.00247. The Morgan fingerprint density at radius 1 is 1.41 bits per heavy atom. The molecule has 0 saturated carbocycles. The van der Waals surface area contributed by atoms with Gasteiger partial charge < -0.3 is 14.4 Å². The predicted molar refractivity (Wildman–Crippen MR) is 60.4 cm³/mol. The Hall–Kier alpha value is -1.82. The fourth-order valence-electron chi connectivity index (χ4n) is 1.30. The second-order valence-electron chi connectivity index (χ2n) is 3.76. The van der Waals surface area contributed by atoms with Crippen molar-refractivity contribution in [1.82, 2.24) is 10.2 Å². The number of nitrogens with zero attached hydrogens (tertiary/aromatic N) is 1. The number of carbonyl (C=O) groups is 2. The number of nitrogens with one attached hydrogen (secondary N) is 1. The first-order chi connectivity index (χ1) is 7.99. The molecular formula is C11H16N2O4. The number of likely N-dealkylation sites (N-methyl/N-ethyl adjacent to an activating group) is 1. The molecule has 0 bridgehead atoms. The van der Waals surface area contributed by atoms with Gasteiger partial charge in [-0.25, -0.2) is 0 Å². The van der Waals surface area contributed by atoms with E-state index < -0.39 is 5.97 Å². The monoisotopic (exact) mass is 240 g/mol. The minimum Gasteiger partial charge on any atom is -0.480 e. The fourth-order valence-corrected chi connectivity index (χ4v) is 1.30. The topological polar surface area (TPSA) is 82.8 Å². The molecule has 0 aliphatic rings. The Balaban J connectivity index is 2.34. The number of carboxylic acid groups (broad SMARTS) is 1. The second-order valence-corrected chi connectivity index (χ2v) is 3.76. The molecule has 0 fully saturated rings. The third-order valence-electron chi connectivity index (χ3n) is 2.17. The molecule has 0 aliphatic carbocycles. The molecular weight excluding hydrogens is 224 g/mol. The van der Waals surface area contributed by atoms with E-state index in [4.69, 9.17) is 9.52 Å². The molecule has 1 heterocycles. The highest BCUT2D eigenvalue weighted by atomic mass is 16.4. The maximum atomic E-state index is 11.6. The highest BCUT2D eigenvalue weighted by Crippen LogP contribution is 2.08. The molecule has 1 rings (SSSR count). The smallest absolute Gasteiger partial charge is 0.317 e. The molecule has 2 N–H and O–H groups in total. The zero-order valence-electron chi connectivity index (χ0n) is 9.90. The van der Waals surface area contributed by atoms with Crippen molar-refractivity contribution in [3.05, 3.63) is 23.7 Å². The van der Waals surface area contributed by atoms with Gasteiger partial charge in [0.25, 0.3) is 0 Å². The average molecular weight is 240 g/mol. The first-order valence-electron chi connectivity index (χ1n) is 5.21. The van der Waals surface area contributed by atoms with Gasteiger partial charge in [-0.15, -0.1) is 0 Å². The molecule has 0 radical (unpaired) electrons. The number of carbonyl (C=O) groups excluding carboxylic acids is 1. The predicted octanol–water partition coefficient (Wildman–Crippen LogP) is 0.221. The maximum Gasteiger partial charge on any atom is 0.317 e. The van der Waals surface area contributed by atoms with E-state index in [-0.39, 0.29) is 19.0 Å². The van der Waals surface area contributed by atoms with Crippen LogP contribution >= 0.6 is 0 Å². The third-order valence-corrected chi connectivity index (χ3v) is 2.17. The van der Waals surface area contributed by atoms with Crippen molar-refractivity contribution in [3.8, 4) is 0 Å². The first-order valence-corrected chi connectivity index (χ1v) is 5.21. The summed E-state index contributed by atoms with van der Waals surface area (Å²) in [6.45, 7) is 1.99. The molecule has 0 unspecified atom stereocenters. The summed E-state index contributed by atoms with van der Waals surface area (Å²) in [5.74, 6) is 0.337. The van der Waals surface area contributed by atoms with Crippen molar-refractivity contribution in [2.45, 2.75) is 13.5 Å². The average Bonchev–Trinajstić information content (AvgIpc) is 2.63. The SMILES string of the molecule is Cc1ccc(CN(C)C(=O)CNCC(=O)O)o1. The molecule has 0 saturated heterocycles. The van der Waals surface area contributed by atoms with Crippen molar-refractivity contribution in [3.63, 3.8) is 0 Å². The van der Waals surface area contributed by atoms with Crippen LogP contribution in [0, 0.1) is 6.92 Å². The van der Waals surface area contributed by atoms with Gasteiger partial charge in [0.15, 0.2) is 0 Å². The number of aliphatic carboxylic acids is 1. The van der Waals surface area contributed by atoms with E-state index in [1.54, 1.807) is 7.05 Å². The number of furan rings is 1. The van der Waals surface area contributed by atoms with E-state index in [1.807, 2.05) is 19.1 Å². The lowest BCUT2D eigenvalue weighted by Crippen LogP contribution is -2.37. The summed E-state index contributed by atoms with van der Waals surface area (Å²) in [5.41, 5.74) is 0. The normalized spacial score (nSPS) is 10.2. The van der Waals surface area contributed by atoms with Crippen LogP contribution in [0.25, 0.3) is 0 Å². The largest absolute Gasteiger partial charge is 0.480 e. The van der Waals surface area contributed by atoms with Crippen LogP contribution in [0.3, 0.4) is 0 Å². The van der Waals surface area contributed by atoms with Crippen LogP contribution in [0.2, 0.25) is 0 Å². The second kappa shape index (κ2) is 6.05. The lowest BCUT2D eigenvalue weighted by molar-refractivity contribution is -0.136. The molecule has 94 valence electrons. The van der Waals surface area contributed by atoms with Crippen LogP contribution in [0.15, 0.2) is 16.5 Å². The summed E-state index contributed by atoms with van der Waals surface area (Å²) in [4.78, 5) is 23.3. The highest BCUT2D eigenvalue weighted by Gasteiger charge is 2.11. The fraction of sp³-hybridized carbons (Fsp3) is 0.455. The maximum absolute atomic E-state index is 11.6. The quantitative estimate of drug-likeness (QED) is 0.743. The van der Waals surface area contributed by atoms with Crippen molar-refractivity contribution in [1.29, 1.82) is 0 Å². The minimum atomic E-state index is -0.984. The molecule has 0 aromatic carbocycles. The lowest BCUT2D eigenvalue weighted by atomic mass is 10.4. The zero-order chi connectivity index (χ0) is 12.8. The van der Waals surface area contributed by atoms with Crippen LogP contribution < -0.4 is 5.32 Å². The Labute approximate surface area is 99.2 Å². The number of hydrogen-bond donors (Lipinski definition) is 2. The number of rotatable bonds is 6. The molecule has 0 spiro atoms. The van der Waals surface area contributed by atoms with E-state index >= 15 is 0 Å². The Morgan fingerprint density at radius 2 is 2.12 bits per heavy atom. The standard InChI is InChI=1S/C11H16N2O4/c1-8-3-4-9(17-8)7-13(2)10(14)5-12-6-11(15)16/h3-4,12H,5-7H2,1-2H3,(H,15,16). The zero-order valence-corrected chi connectivity index (χ0v) is 9.90. The van der Waals surface area contributed by atoms with Crippen molar-refractivity contribution < 1.29 is 19.1 Å². The van der Waals surface area contributed by atoms with Gasteiger partial charge in [-0.3, -0.25) is 14.9 Å². The van der Waals surface area contributed by atoms with E-state index in [2.05, 4.69) is 5.32 Å². The molecule has 1 amide bonds. The Kier molecular flexibility index (Phi) is 4.71. The number of amides is 1. The van der Waals surface area contributed by atoms with Gasteiger partial charge in [-0.1, -0.05) is 0 Å². The summed E-state index contributed by atoms with van der Waals surface area (Å²) in [7, 11) is 1.64. The summed E-state index contributed by atoms with van der Waals surface area (Å²) in [6.07, 6.45) is 0. The van der Waals surface area contributed by atoms with Gasteiger partial charge in [-0.05, 0) is 19.1 Å². The van der Waals surface area contributed by atoms with E-state index in [0.717, 1.165) is 5.76 Å². The molecule has 6 heteroatoms. The number of carboxylic acids is 1. The van der Waals surface area contributed by atoms with Gasteiger partial charge in [0, 0.05) is 7.05 Å². The van der Waals surface area contributed by atoms with Crippen LogP contribution in [-0.2, 0) is 16.1 Å². The Bertz CT molecular complexity index is 400. The molecule has 1 aromatic rings. The van der Waals surface area contributed by atoms with Crippen molar-refractivity contribution >= 4 is 11.9 Å². The van der Waals surface area contributed by atoms with Crippen molar-refractivity contribution in [2.75, 3.05) is 20.1 Å². The Morgan fingerprint density at radius 3 is 2.65 bits per heavy atom. The first kappa shape index (κ1) is 13.2. The van der Waals surface area contributed by atoms with Crippen molar-refractivity contribution in [2.24, 2.45) is 0 Å². The van der Waals surface area contributed by atoms with E-state index in [1.165, 1.54) is 4.90 Å². The molecule has 0 atom stereocenters. The van der Waals surface area contributed by atoms with Gasteiger partial charge in [0.1, 0.15) is 11.5 Å². The van der Waals surface area contributed by atoms with Crippen LogP contribution in [0.5, 0.6) is 0 Å². The molecule has 17 heavy (non-hydrogen) atoms. The molecule has 6 nitrogen and oxygen atoms in total. The third kappa shape index (κ3) is 4.69. The molecule has 0 aliphatic heterocycles. The summed E-state index contributed by atoms with van der Waals surface area (Å²) < 4.78 is 5.34. The number of hydrogen-bond acceptors (Lipinski definition) is 4. The summed E-state index contributed by atoms with van der Waals surface area (Å²) in [6, 6.07) is 3.64. The number of aryl methyl sites for hydroxylation is 1. The summed E-state index contributed by atoms with van der Waals surface area (Å²) in [5, 5.41) is 10.9. The van der Waals surface area contributed by atoms with Crippen LogP contribution in [0.1, 0.15) is 11.5 Å². The van der Waals surface area contributed by atoms with Gasteiger partial charge in [0.05, 0.1) is 19.6 Å². The van der Waals surface area contributed by atoms with Gasteiger partial charge >= 0.3 is 5.97 Å². The van der Waals surface area contributed by atoms with Crippen LogP contribution in [0.4, 0.5) is 0 Å². The van der Waals surface area contributed by atoms with Crippen LogP contribution in [-0.4, -0.2) is 42.0 Å². The highest BCUT2D eigenvalue weighted by molar-refractivity contribution is 5.78. The summed E-state index contributed by atoms with van der Waals surface area (Å²) >= 11 is 0. The molecule has 1 aromatic heterocycles. The van der Waals surface area contributed by atoms with Gasteiger partial charge in [0.2, 0.25) is 5.91 Å². The van der Waals surface area contributed by atoms with E-state index in [9.17, 15) is 9.59 Å². The van der Waals surface area contributed by atoms with E-state index in [0.29, 0.717) is 12.3 Å². The van der Waals surface area contributed by atoms with Gasteiger partial charge in [-0.2, -0.15) is 0 Å².